The third-order valence-electron chi connectivity index (χ3n) is 3.90. The van der Waals surface area contributed by atoms with Crippen LogP contribution >= 0.6 is 11.8 Å². The van der Waals surface area contributed by atoms with E-state index in [-0.39, 0.29) is 5.91 Å². The van der Waals surface area contributed by atoms with E-state index in [0.29, 0.717) is 31.9 Å². The molecule has 6 heteroatoms. The molecule has 5 nitrogen and oxygen atoms in total. The highest BCUT2D eigenvalue weighted by atomic mass is 32.2. The Labute approximate surface area is 157 Å². The molecule has 0 radical (unpaired) electrons. The van der Waals surface area contributed by atoms with E-state index in [1.54, 1.807) is 4.90 Å². The number of carbonyl (C=O) groups is 1. The van der Waals surface area contributed by atoms with Crippen LogP contribution in [0.3, 0.4) is 0 Å². The first-order valence-electron chi connectivity index (χ1n) is 8.53. The highest BCUT2D eigenvalue weighted by molar-refractivity contribution is 8.00. The lowest BCUT2D eigenvalue weighted by Gasteiger charge is -2.21. The van der Waals surface area contributed by atoms with Crippen molar-refractivity contribution in [1.29, 1.82) is 5.26 Å². The molecule has 0 N–H and O–H groups in total. The van der Waals surface area contributed by atoms with Crippen molar-refractivity contribution in [2.75, 3.05) is 30.4 Å². The van der Waals surface area contributed by atoms with Gasteiger partial charge < -0.3 is 14.4 Å². The molecule has 0 saturated carbocycles. The molecule has 0 aliphatic carbocycles. The van der Waals surface area contributed by atoms with Crippen LogP contribution in [0.25, 0.3) is 0 Å². The van der Waals surface area contributed by atoms with Gasteiger partial charge in [0.25, 0.3) is 0 Å². The van der Waals surface area contributed by atoms with Crippen LogP contribution in [0.1, 0.15) is 12.8 Å². The van der Waals surface area contributed by atoms with Crippen LogP contribution in [-0.2, 0) is 4.79 Å². The zero-order valence-corrected chi connectivity index (χ0v) is 15.2. The lowest BCUT2D eigenvalue weighted by Crippen LogP contribution is -2.33. The summed E-state index contributed by atoms with van der Waals surface area (Å²) in [5, 5.41) is 8.87. The number of ether oxygens (including phenoxy) is 2. The molecule has 2 aromatic carbocycles. The predicted molar refractivity (Wildman–Crippen MR) is 102 cm³/mol. The summed E-state index contributed by atoms with van der Waals surface area (Å²) in [6.45, 7) is 1.68. The normalized spacial score (nSPS) is 12.7. The second-order valence-electron chi connectivity index (χ2n) is 5.74. The summed E-state index contributed by atoms with van der Waals surface area (Å²) in [5.41, 5.74) is 0.812. The van der Waals surface area contributed by atoms with Gasteiger partial charge in [0.15, 0.2) is 11.5 Å². The molecule has 3 rings (SSSR count). The number of para-hydroxylation sites is 1. The molecule has 0 spiro atoms. The molecule has 0 unspecified atom stereocenters. The van der Waals surface area contributed by atoms with Crippen molar-refractivity contribution in [3.05, 3.63) is 48.5 Å². The molecule has 0 atom stereocenters. The molecule has 0 bridgehead atoms. The number of rotatable bonds is 6. The number of thioether (sulfide) groups is 1. The van der Waals surface area contributed by atoms with Crippen LogP contribution in [-0.4, -0.2) is 31.4 Å². The lowest BCUT2D eigenvalue weighted by atomic mass is 10.2. The van der Waals surface area contributed by atoms with Crippen LogP contribution in [0.2, 0.25) is 0 Å². The molecule has 0 aromatic heterocycles. The number of nitrogens with zero attached hydrogens (tertiary/aromatic N) is 2. The van der Waals surface area contributed by atoms with E-state index in [9.17, 15) is 4.79 Å². The molecule has 26 heavy (non-hydrogen) atoms. The van der Waals surface area contributed by atoms with Gasteiger partial charge in [-0.1, -0.05) is 18.2 Å². The van der Waals surface area contributed by atoms with E-state index >= 15 is 0 Å². The third-order valence-corrected chi connectivity index (χ3v) is 4.88. The number of benzene rings is 2. The van der Waals surface area contributed by atoms with E-state index in [0.717, 1.165) is 28.5 Å². The minimum atomic E-state index is -0.0245. The van der Waals surface area contributed by atoms with E-state index < -0.39 is 0 Å². The fourth-order valence-corrected chi connectivity index (χ4v) is 3.42. The second kappa shape index (κ2) is 9.16. The molecule has 1 aliphatic heterocycles. The van der Waals surface area contributed by atoms with Gasteiger partial charge in [-0.15, -0.1) is 11.8 Å². The van der Waals surface area contributed by atoms with Crippen molar-refractivity contribution in [3.8, 4) is 17.6 Å². The highest BCUT2D eigenvalue weighted by Crippen LogP contribution is 2.34. The maximum atomic E-state index is 12.7. The van der Waals surface area contributed by atoms with Gasteiger partial charge in [-0.3, -0.25) is 4.79 Å². The fraction of sp³-hybridized carbons (Fsp3) is 0.300. The molecule has 2 aromatic rings. The van der Waals surface area contributed by atoms with Crippen molar-refractivity contribution in [3.63, 3.8) is 0 Å². The zero-order valence-electron chi connectivity index (χ0n) is 14.4. The van der Waals surface area contributed by atoms with E-state index in [4.69, 9.17) is 14.7 Å². The Kier molecular flexibility index (Phi) is 6.39. The quantitative estimate of drug-likeness (QED) is 0.724. The topological polar surface area (TPSA) is 62.6 Å². The molecular formula is C20H20N2O3S. The molecule has 134 valence electrons. The number of anilines is 1. The first-order valence-corrected chi connectivity index (χ1v) is 9.51. The van der Waals surface area contributed by atoms with E-state index in [1.165, 1.54) is 11.8 Å². The van der Waals surface area contributed by atoms with Gasteiger partial charge in [0, 0.05) is 23.5 Å². The number of nitriles is 1. The summed E-state index contributed by atoms with van der Waals surface area (Å²) < 4.78 is 11.3. The molecule has 1 aliphatic rings. The molecule has 0 fully saturated rings. The van der Waals surface area contributed by atoms with Gasteiger partial charge >= 0.3 is 0 Å². The Hall–Kier alpha value is -2.65. The van der Waals surface area contributed by atoms with Crippen LogP contribution in [0, 0.1) is 11.3 Å². The average molecular weight is 368 g/mol. The van der Waals surface area contributed by atoms with Crippen LogP contribution < -0.4 is 14.4 Å². The Bertz CT molecular complexity index is 789. The minimum absolute atomic E-state index is 0.0245. The maximum absolute atomic E-state index is 12.7. The van der Waals surface area contributed by atoms with Gasteiger partial charge in [0.1, 0.15) is 0 Å². The number of amides is 1. The van der Waals surface area contributed by atoms with Crippen molar-refractivity contribution in [2.45, 2.75) is 17.7 Å². The first kappa shape index (κ1) is 18.2. The minimum Gasteiger partial charge on any atom is -0.490 e. The van der Waals surface area contributed by atoms with Gasteiger partial charge in [-0.05, 0) is 30.3 Å². The van der Waals surface area contributed by atoms with Crippen LogP contribution in [0.15, 0.2) is 53.4 Å². The van der Waals surface area contributed by atoms with Crippen LogP contribution in [0.5, 0.6) is 11.5 Å². The summed E-state index contributed by atoms with van der Waals surface area (Å²) in [6.07, 6.45) is 1.16. The Morgan fingerprint density at radius 3 is 2.65 bits per heavy atom. The summed E-state index contributed by atoms with van der Waals surface area (Å²) in [5.74, 6) is 1.74. The smallest absolute Gasteiger partial charge is 0.237 e. The zero-order chi connectivity index (χ0) is 18.2. The first-order chi connectivity index (χ1) is 12.8. The van der Waals surface area contributed by atoms with Crippen LogP contribution in [0.4, 0.5) is 5.69 Å². The van der Waals surface area contributed by atoms with Crippen molar-refractivity contribution in [1.82, 2.24) is 0 Å². The number of carbonyl (C=O) groups excluding carboxylic acids is 1. The van der Waals surface area contributed by atoms with Gasteiger partial charge in [0.05, 0.1) is 31.5 Å². The molecule has 1 heterocycles. The monoisotopic (exact) mass is 368 g/mol. The summed E-state index contributed by atoms with van der Waals surface area (Å²) in [4.78, 5) is 15.3. The molecular weight excluding hydrogens is 348 g/mol. The average Bonchev–Trinajstić information content (AvgIpc) is 2.92. The maximum Gasteiger partial charge on any atom is 0.237 e. The van der Waals surface area contributed by atoms with Gasteiger partial charge in [-0.25, -0.2) is 0 Å². The standard InChI is InChI=1S/C20H20N2O3S/c21-10-4-11-22(16-6-2-1-3-7-16)20(23)15-26-17-8-9-18-19(14-17)25-13-5-12-24-18/h1-3,6-9,14H,4-5,11-13,15H2. The summed E-state index contributed by atoms with van der Waals surface area (Å²) in [6, 6.07) is 17.3. The number of hydrogen-bond acceptors (Lipinski definition) is 5. The van der Waals surface area contributed by atoms with Gasteiger partial charge in [0.2, 0.25) is 5.91 Å². The summed E-state index contributed by atoms with van der Waals surface area (Å²) in [7, 11) is 0. The summed E-state index contributed by atoms with van der Waals surface area (Å²) >= 11 is 1.45. The van der Waals surface area contributed by atoms with Crippen molar-refractivity contribution >= 4 is 23.4 Å². The Morgan fingerprint density at radius 2 is 1.88 bits per heavy atom. The highest BCUT2D eigenvalue weighted by Gasteiger charge is 2.17. The lowest BCUT2D eigenvalue weighted by molar-refractivity contribution is -0.116. The molecule has 0 saturated heterocycles. The van der Waals surface area contributed by atoms with Crippen molar-refractivity contribution < 1.29 is 14.3 Å². The van der Waals surface area contributed by atoms with Crippen molar-refractivity contribution in [2.24, 2.45) is 0 Å². The number of hydrogen-bond donors (Lipinski definition) is 0. The predicted octanol–water partition coefficient (Wildman–Crippen LogP) is 3.89. The second-order valence-corrected chi connectivity index (χ2v) is 6.79. The SMILES string of the molecule is N#CCCN(C(=O)CSc1ccc2c(c1)OCCCO2)c1ccccc1. The van der Waals surface area contributed by atoms with Gasteiger partial charge in [-0.2, -0.15) is 5.26 Å². The largest absolute Gasteiger partial charge is 0.490 e. The van der Waals surface area contributed by atoms with E-state index in [1.807, 2.05) is 48.5 Å². The van der Waals surface area contributed by atoms with E-state index in [2.05, 4.69) is 6.07 Å². The Morgan fingerprint density at radius 1 is 1.12 bits per heavy atom. The number of fused-ring (bicyclic) bond motifs is 1. The third kappa shape index (κ3) is 4.70. The Balaban J connectivity index is 1.66. The fourth-order valence-electron chi connectivity index (χ4n) is 2.62. The molecule has 1 amide bonds.